The third kappa shape index (κ3) is 9.02. The highest BCUT2D eigenvalue weighted by atomic mass is 33.1. The minimum absolute atomic E-state index is 0.0862. The van der Waals surface area contributed by atoms with Crippen LogP contribution in [0.2, 0.25) is 0 Å². The normalized spacial score (nSPS) is 13.4. The molecule has 0 radical (unpaired) electrons. The predicted molar refractivity (Wildman–Crippen MR) is 93.7 cm³/mol. The Morgan fingerprint density at radius 3 is 1.25 bits per heavy atom. The number of carboxylic acids is 2. The minimum Gasteiger partial charge on any atom is -0.480 e. The first-order valence-corrected chi connectivity index (χ1v) is 9.85. The Morgan fingerprint density at radius 2 is 1.04 bits per heavy atom. The first-order chi connectivity index (χ1) is 11.1. The fourth-order valence-electron chi connectivity index (χ4n) is 1.26. The van der Waals surface area contributed by atoms with Crippen molar-refractivity contribution < 1.29 is 29.4 Å². The molecule has 0 rings (SSSR count). The van der Waals surface area contributed by atoms with E-state index in [9.17, 15) is 19.2 Å². The number of rotatable bonds is 11. The Labute approximate surface area is 148 Å². The van der Waals surface area contributed by atoms with E-state index >= 15 is 0 Å². The molecule has 2 amide bonds. The highest BCUT2D eigenvalue weighted by Crippen LogP contribution is 2.23. The largest absolute Gasteiger partial charge is 0.480 e. The maximum atomic E-state index is 11.6. The van der Waals surface area contributed by atoms with E-state index in [-0.39, 0.29) is 35.2 Å². The highest BCUT2D eigenvalue weighted by molar-refractivity contribution is 8.76. The summed E-state index contributed by atoms with van der Waals surface area (Å²) < 4.78 is 0. The van der Waals surface area contributed by atoms with E-state index in [1.165, 1.54) is 0 Å². The summed E-state index contributed by atoms with van der Waals surface area (Å²) in [5, 5.41) is 23.0. The van der Waals surface area contributed by atoms with Crippen LogP contribution in [-0.2, 0) is 19.2 Å². The van der Waals surface area contributed by atoms with Crippen LogP contribution in [0.5, 0.6) is 0 Å². The summed E-state index contributed by atoms with van der Waals surface area (Å²) in [4.78, 5) is 45.4. The van der Waals surface area contributed by atoms with Gasteiger partial charge in [0, 0.05) is 23.3 Å². The van der Waals surface area contributed by atoms with E-state index in [2.05, 4.69) is 10.6 Å². The molecule has 0 aliphatic heterocycles. The molecular weight excluding hydrogens is 356 g/mol. The topological polar surface area (TPSA) is 133 Å². The molecule has 24 heavy (non-hydrogen) atoms. The maximum Gasteiger partial charge on any atom is 0.327 e. The number of hydrogen-bond acceptors (Lipinski definition) is 6. The van der Waals surface area contributed by atoms with Gasteiger partial charge in [0.25, 0.3) is 0 Å². The highest BCUT2D eigenvalue weighted by Gasteiger charge is 2.24. The van der Waals surface area contributed by atoms with Crippen molar-refractivity contribution in [2.24, 2.45) is 11.8 Å². The minimum atomic E-state index is -1.15. The number of carbonyl (C=O) groups is 4. The van der Waals surface area contributed by atoms with Gasteiger partial charge in [-0.3, -0.25) is 9.59 Å². The van der Waals surface area contributed by atoms with Crippen molar-refractivity contribution in [2.75, 3.05) is 11.5 Å². The number of nitrogens with one attached hydrogen (secondary N) is 2. The zero-order valence-electron chi connectivity index (χ0n) is 14.1. The smallest absolute Gasteiger partial charge is 0.327 e. The van der Waals surface area contributed by atoms with Crippen LogP contribution in [0.1, 0.15) is 27.7 Å². The Morgan fingerprint density at radius 1 is 0.750 bits per heavy atom. The zero-order chi connectivity index (χ0) is 18.9. The van der Waals surface area contributed by atoms with Crippen LogP contribution in [-0.4, -0.2) is 57.6 Å². The molecule has 0 fully saturated rings. The molecule has 0 saturated heterocycles. The first-order valence-electron chi connectivity index (χ1n) is 7.37. The molecule has 0 spiro atoms. The van der Waals surface area contributed by atoms with E-state index in [0.29, 0.717) is 0 Å². The molecule has 138 valence electrons. The van der Waals surface area contributed by atoms with E-state index in [1.54, 1.807) is 27.7 Å². The molecular formula is C14H24N2O6S2. The molecule has 0 bridgehead atoms. The van der Waals surface area contributed by atoms with Crippen LogP contribution < -0.4 is 10.6 Å². The summed E-state index contributed by atoms with van der Waals surface area (Å²) in [6.07, 6.45) is 0. The summed E-state index contributed by atoms with van der Waals surface area (Å²) in [7, 11) is 2.26. The molecule has 4 N–H and O–H groups in total. The van der Waals surface area contributed by atoms with Crippen molar-refractivity contribution in [1.82, 2.24) is 10.6 Å². The van der Waals surface area contributed by atoms with Gasteiger partial charge in [0.1, 0.15) is 12.1 Å². The summed E-state index contributed by atoms with van der Waals surface area (Å²) in [6, 6.07) is -2.10. The van der Waals surface area contributed by atoms with Crippen LogP contribution >= 0.6 is 21.6 Å². The Kier molecular flexibility index (Phi) is 10.5. The lowest BCUT2D eigenvalue weighted by molar-refractivity contribution is -0.141. The van der Waals surface area contributed by atoms with Gasteiger partial charge in [-0.15, -0.1) is 0 Å². The van der Waals surface area contributed by atoms with Crippen LogP contribution in [0.25, 0.3) is 0 Å². The summed E-state index contributed by atoms with van der Waals surface area (Å²) in [5.74, 6) is -3.51. The third-order valence-electron chi connectivity index (χ3n) is 2.83. The van der Waals surface area contributed by atoms with Crippen molar-refractivity contribution in [2.45, 2.75) is 39.8 Å². The maximum absolute atomic E-state index is 11.6. The molecule has 0 aliphatic carbocycles. The van der Waals surface area contributed by atoms with Crippen LogP contribution in [0, 0.1) is 11.8 Å². The molecule has 8 nitrogen and oxygen atoms in total. The standard InChI is InChI=1S/C14H24N2O6S2/c1-7(2)11(17)15-9(13(19)20)5-23-24-6-10(14(21)22)16-12(18)8(3)4/h7-10H,5-6H2,1-4H3,(H,15,17)(H,16,18)(H,19,20)(H,21,22)/t9-,10-/m0/s1. The van der Waals surface area contributed by atoms with Gasteiger partial charge in [-0.25, -0.2) is 9.59 Å². The van der Waals surface area contributed by atoms with E-state index in [0.717, 1.165) is 21.6 Å². The van der Waals surface area contributed by atoms with Crippen LogP contribution in [0.4, 0.5) is 0 Å². The van der Waals surface area contributed by atoms with Gasteiger partial charge < -0.3 is 20.8 Å². The Hall–Kier alpha value is -1.42. The van der Waals surface area contributed by atoms with Crippen molar-refractivity contribution >= 4 is 45.3 Å². The Bertz CT molecular complexity index is 428. The van der Waals surface area contributed by atoms with Gasteiger partial charge in [0.15, 0.2) is 0 Å². The lowest BCUT2D eigenvalue weighted by Crippen LogP contribution is -2.45. The van der Waals surface area contributed by atoms with E-state index in [1.807, 2.05) is 0 Å². The fourth-order valence-corrected chi connectivity index (χ4v) is 3.57. The molecule has 10 heteroatoms. The average Bonchev–Trinajstić information content (AvgIpc) is 2.47. The Balaban J connectivity index is 4.39. The lowest BCUT2D eigenvalue weighted by atomic mass is 10.2. The number of aliphatic carboxylic acids is 2. The molecule has 0 aromatic rings. The molecule has 0 saturated carbocycles. The second-order valence-corrected chi connectivity index (χ2v) is 8.23. The summed E-state index contributed by atoms with van der Waals surface area (Å²) in [5.41, 5.74) is 0. The van der Waals surface area contributed by atoms with Gasteiger partial charge in [0.2, 0.25) is 11.8 Å². The molecule has 2 atom stereocenters. The van der Waals surface area contributed by atoms with Crippen LogP contribution in [0.15, 0.2) is 0 Å². The predicted octanol–water partition coefficient (Wildman–Crippen LogP) is 0.819. The molecule has 0 heterocycles. The zero-order valence-corrected chi connectivity index (χ0v) is 15.7. The van der Waals surface area contributed by atoms with Gasteiger partial charge in [-0.1, -0.05) is 49.3 Å². The van der Waals surface area contributed by atoms with E-state index in [4.69, 9.17) is 10.2 Å². The van der Waals surface area contributed by atoms with E-state index < -0.39 is 24.0 Å². The van der Waals surface area contributed by atoms with Crippen molar-refractivity contribution in [3.63, 3.8) is 0 Å². The quantitative estimate of drug-likeness (QED) is 0.306. The van der Waals surface area contributed by atoms with Gasteiger partial charge in [-0.2, -0.15) is 0 Å². The molecule has 0 aromatic heterocycles. The third-order valence-corrected chi connectivity index (χ3v) is 5.25. The summed E-state index contributed by atoms with van der Waals surface area (Å²) >= 11 is 0. The average molecular weight is 380 g/mol. The summed E-state index contributed by atoms with van der Waals surface area (Å²) in [6.45, 7) is 6.63. The van der Waals surface area contributed by atoms with Crippen molar-refractivity contribution in [3.8, 4) is 0 Å². The molecule has 0 aliphatic rings. The van der Waals surface area contributed by atoms with Crippen molar-refractivity contribution in [3.05, 3.63) is 0 Å². The van der Waals surface area contributed by atoms with Gasteiger partial charge >= 0.3 is 11.9 Å². The second kappa shape index (κ2) is 11.2. The number of hydrogen-bond donors (Lipinski definition) is 4. The monoisotopic (exact) mass is 380 g/mol. The number of carboxylic acid groups (broad SMARTS) is 2. The number of carbonyl (C=O) groups excluding carboxylic acids is 2. The van der Waals surface area contributed by atoms with Crippen LogP contribution in [0.3, 0.4) is 0 Å². The molecule has 0 aromatic carbocycles. The lowest BCUT2D eigenvalue weighted by Gasteiger charge is -2.17. The second-order valence-electron chi connectivity index (χ2n) is 5.68. The molecule has 0 unspecified atom stereocenters. The van der Waals surface area contributed by atoms with Gasteiger partial charge in [-0.05, 0) is 0 Å². The van der Waals surface area contributed by atoms with Gasteiger partial charge in [0.05, 0.1) is 0 Å². The first kappa shape index (κ1) is 22.6. The number of amides is 2. The SMILES string of the molecule is CC(C)C(=O)N[C@@H](CSSC[C@H](NC(=O)C(C)C)C(=O)O)C(=O)O. The fraction of sp³-hybridized carbons (Fsp3) is 0.714. The van der Waals surface area contributed by atoms with Crippen molar-refractivity contribution in [1.29, 1.82) is 0 Å².